The molecule has 0 unspecified atom stereocenters. The van der Waals surface area contributed by atoms with Crippen molar-refractivity contribution in [2.45, 2.75) is 0 Å². The molecule has 2 aromatic heterocycles. The topological polar surface area (TPSA) is 23.8 Å². The summed E-state index contributed by atoms with van der Waals surface area (Å²) >= 11 is 3.71. The number of thiophene rings is 2. The van der Waals surface area contributed by atoms with E-state index in [2.05, 4.69) is 127 Å². The minimum Gasteiger partial charge on any atom is -0.192 e. The number of rotatable bonds is 4. The molecule has 0 aliphatic rings. The van der Waals surface area contributed by atoms with Crippen molar-refractivity contribution in [1.29, 1.82) is 5.26 Å². The highest BCUT2D eigenvalue weighted by atomic mass is 32.1. The Morgan fingerprint density at radius 1 is 0.370 bits per heavy atom. The van der Waals surface area contributed by atoms with Crippen LogP contribution in [0.4, 0.5) is 0 Å². The molecule has 3 heteroatoms. The van der Waals surface area contributed by atoms with Crippen molar-refractivity contribution < 1.29 is 0 Å². The lowest BCUT2D eigenvalue weighted by Crippen LogP contribution is -1.89. The van der Waals surface area contributed by atoms with Crippen LogP contribution in [0.1, 0.15) is 5.56 Å². The molecular weight excluding hydrogens is 595 g/mol. The maximum atomic E-state index is 10.1. The number of benzene rings is 7. The third kappa shape index (κ3) is 4.43. The molecule has 0 N–H and O–H groups in total. The third-order valence-corrected chi connectivity index (χ3v) is 11.3. The summed E-state index contributed by atoms with van der Waals surface area (Å²) in [5, 5.41) is 15.2. The van der Waals surface area contributed by atoms with E-state index >= 15 is 0 Å². The van der Waals surface area contributed by atoms with Crippen molar-refractivity contribution >= 4 is 63.0 Å². The van der Waals surface area contributed by atoms with Crippen molar-refractivity contribution in [2.24, 2.45) is 0 Å². The minimum absolute atomic E-state index is 0.654. The van der Waals surface area contributed by atoms with Gasteiger partial charge in [-0.2, -0.15) is 5.26 Å². The molecule has 0 amide bonds. The van der Waals surface area contributed by atoms with Gasteiger partial charge in [0.25, 0.3) is 0 Å². The van der Waals surface area contributed by atoms with E-state index in [9.17, 15) is 5.26 Å². The zero-order chi connectivity index (χ0) is 30.6. The molecule has 0 aliphatic carbocycles. The molecule has 7 aromatic carbocycles. The predicted molar refractivity (Wildman–Crippen MR) is 199 cm³/mol. The molecule has 9 aromatic rings. The second kappa shape index (κ2) is 10.8. The average Bonchev–Trinajstić information content (AvgIpc) is 3.70. The van der Waals surface area contributed by atoms with E-state index in [1.54, 1.807) is 0 Å². The van der Waals surface area contributed by atoms with Crippen molar-refractivity contribution in [3.8, 4) is 50.6 Å². The van der Waals surface area contributed by atoms with E-state index in [1.807, 2.05) is 53.0 Å². The fourth-order valence-electron chi connectivity index (χ4n) is 6.71. The van der Waals surface area contributed by atoms with Crippen LogP contribution >= 0.6 is 22.7 Å². The van der Waals surface area contributed by atoms with Crippen molar-refractivity contribution in [2.75, 3.05) is 0 Å². The molecular formula is C43H25NS2. The minimum atomic E-state index is 0.654. The van der Waals surface area contributed by atoms with Gasteiger partial charge >= 0.3 is 0 Å². The van der Waals surface area contributed by atoms with Crippen LogP contribution in [0.15, 0.2) is 152 Å². The maximum Gasteiger partial charge on any atom is 0.0992 e. The van der Waals surface area contributed by atoms with Crippen LogP contribution in [-0.2, 0) is 0 Å². The molecule has 0 aliphatic heterocycles. The van der Waals surface area contributed by atoms with Gasteiger partial charge in [-0.25, -0.2) is 0 Å². The first-order chi connectivity index (χ1) is 22.7. The quantitative estimate of drug-likeness (QED) is 0.192. The number of nitrogens with zero attached hydrogens (tertiary/aromatic N) is 1. The smallest absolute Gasteiger partial charge is 0.0992 e. The number of hydrogen-bond donors (Lipinski definition) is 0. The van der Waals surface area contributed by atoms with Gasteiger partial charge in [0.15, 0.2) is 0 Å². The van der Waals surface area contributed by atoms with Gasteiger partial charge in [0.2, 0.25) is 0 Å². The first-order valence-electron chi connectivity index (χ1n) is 15.3. The normalized spacial score (nSPS) is 11.5. The molecule has 0 atom stereocenters. The van der Waals surface area contributed by atoms with E-state index in [0.717, 1.165) is 22.3 Å². The van der Waals surface area contributed by atoms with Gasteiger partial charge in [0.05, 0.1) is 11.6 Å². The summed E-state index contributed by atoms with van der Waals surface area (Å²) in [5.41, 5.74) is 9.72. The second-order valence-corrected chi connectivity index (χ2v) is 13.7. The summed E-state index contributed by atoms with van der Waals surface area (Å²) in [6, 6.07) is 56.6. The van der Waals surface area contributed by atoms with Crippen molar-refractivity contribution in [1.82, 2.24) is 0 Å². The number of nitriles is 1. The largest absolute Gasteiger partial charge is 0.192 e. The highest BCUT2D eigenvalue weighted by molar-refractivity contribution is 7.26. The molecule has 0 saturated carbocycles. The average molecular weight is 620 g/mol. The first-order valence-corrected chi connectivity index (χ1v) is 16.9. The van der Waals surface area contributed by atoms with E-state index in [1.165, 1.54) is 62.6 Å². The zero-order valence-corrected chi connectivity index (χ0v) is 26.3. The predicted octanol–water partition coefficient (Wildman–Crippen LogP) is 13.0. The summed E-state index contributed by atoms with van der Waals surface area (Å²) in [4.78, 5) is 0. The summed E-state index contributed by atoms with van der Waals surface area (Å²) in [6.07, 6.45) is 0. The molecule has 0 saturated heterocycles. The van der Waals surface area contributed by atoms with Crippen LogP contribution in [0.5, 0.6) is 0 Å². The van der Waals surface area contributed by atoms with Gasteiger partial charge in [-0.15, -0.1) is 22.7 Å². The Bertz CT molecular complexity index is 2520. The van der Waals surface area contributed by atoms with Crippen LogP contribution < -0.4 is 0 Å². The highest BCUT2D eigenvalue weighted by Gasteiger charge is 2.16. The number of fused-ring (bicyclic) bond motifs is 6. The van der Waals surface area contributed by atoms with Crippen LogP contribution in [0.2, 0.25) is 0 Å². The Hall–Kier alpha value is -5.53. The molecule has 2 heterocycles. The van der Waals surface area contributed by atoms with Crippen LogP contribution in [0.25, 0.3) is 84.9 Å². The Morgan fingerprint density at radius 3 is 1.37 bits per heavy atom. The van der Waals surface area contributed by atoms with Crippen molar-refractivity contribution in [3.63, 3.8) is 0 Å². The van der Waals surface area contributed by atoms with E-state index in [-0.39, 0.29) is 0 Å². The highest BCUT2D eigenvalue weighted by Crippen LogP contribution is 2.45. The van der Waals surface area contributed by atoms with Crippen molar-refractivity contribution in [3.05, 3.63) is 157 Å². The zero-order valence-electron chi connectivity index (χ0n) is 24.7. The summed E-state index contributed by atoms with van der Waals surface area (Å²) in [6.45, 7) is 0. The van der Waals surface area contributed by atoms with E-state index < -0.39 is 0 Å². The Kier molecular flexibility index (Phi) is 6.31. The number of hydrogen-bond acceptors (Lipinski definition) is 3. The van der Waals surface area contributed by atoms with Gasteiger partial charge in [0.1, 0.15) is 0 Å². The standard InChI is InChI=1S/C43H25NS2/c44-26-27-20-29(28-10-2-1-3-11-28)22-30(21-27)31-23-32(34-14-8-16-38-36-12-4-6-18-40(36)45-42(34)38)25-33(24-31)35-15-9-17-39-37-13-5-7-19-41(37)46-43(35)39/h1-25H. The van der Waals surface area contributed by atoms with Gasteiger partial charge in [-0.05, 0) is 93.0 Å². The van der Waals surface area contributed by atoms with E-state index in [0.29, 0.717) is 5.56 Å². The third-order valence-electron chi connectivity index (χ3n) is 8.87. The lowest BCUT2D eigenvalue weighted by Gasteiger charge is -2.14. The van der Waals surface area contributed by atoms with Gasteiger partial charge in [0, 0.05) is 40.3 Å². The summed E-state index contributed by atoms with van der Waals surface area (Å²) in [5.74, 6) is 0. The Balaban J connectivity index is 1.33. The molecule has 0 fully saturated rings. The molecule has 9 rings (SSSR count). The van der Waals surface area contributed by atoms with Gasteiger partial charge < -0.3 is 0 Å². The molecule has 1 nitrogen and oxygen atoms in total. The molecule has 214 valence electrons. The SMILES string of the molecule is N#Cc1cc(-c2ccccc2)cc(-c2cc(-c3cccc4c3sc3ccccc34)cc(-c3cccc4c3sc3ccccc34)c2)c1. The molecule has 0 bridgehead atoms. The van der Waals surface area contributed by atoms with E-state index in [4.69, 9.17) is 0 Å². The summed E-state index contributed by atoms with van der Waals surface area (Å²) < 4.78 is 5.18. The van der Waals surface area contributed by atoms with Crippen LogP contribution in [0.3, 0.4) is 0 Å². The molecule has 0 spiro atoms. The fraction of sp³-hybridized carbons (Fsp3) is 0. The molecule has 0 radical (unpaired) electrons. The lowest BCUT2D eigenvalue weighted by molar-refractivity contribution is 1.48. The van der Waals surface area contributed by atoms with Crippen LogP contribution in [0, 0.1) is 11.3 Å². The molecule has 46 heavy (non-hydrogen) atoms. The fourth-order valence-corrected chi connectivity index (χ4v) is 9.19. The van der Waals surface area contributed by atoms with Gasteiger partial charge in [-0.1, -0.05) is 103 Å². The Labute approximate surface area is 274 Å². The first kappa shape index (κ1) is 26.8. The maximum absolute atomic E-state index is 10.1. The second-order valence-electron chi connectivity index (χ2n) is 11.6. The van der Waals surface area contributed by atoms with Crippen LogP contribution in [-0.4, -0.2) is 0 Å². The monoisotopic (exact) mass is 619 g/mol. The Morgan fingerprint density at radius 2 is 0.804 bits per heavy atom. The summed E-state index contributed by atoms with van der Waals surface area (Å²) in [7, 11) is 0. The lowest BCUT2D eigenvalue weighted by atomic mass is 9.90. The van der Waals surface area contributed by atoms with Gasteiger partial charge in [-0.3, -0.25) is 0 Å².